The molecule has 1 amide bonds. The van der Waals surface area contributed by atoms with E-state index >= 15 is 0 Å². The maximum Gasteiger partial charge on any atom is 0.338 e. The van der Waals surface area contributed by atoms with Crippen molar-refractivity contribution in [1.82, 2.24) is 10.2 Å². The molecule has 0 spiro atoms. The van der Waals surface area contributed by atoms with Crippen LogP contribution in [0.1, 0.15) is 38.8 Å². The highest BCUT2D eigenvalue weighted by molar-refractivity contribution is 7.80. The normalized spacial score (nSPS) is 16.7. The molecule has 1 atom stereocenters. The zero-order valence-electron chi connectivity index (χ0n) is 17.6. The molecule has 0 bridgehead atoms. The van der Waals surface area contributed by atoms with Gasteiger partial charge in [0.25, 0.3) is 0 Å². The van der Waals surface area contributed by atoms with Crippen molar-refractivity contribution in [2.75, 3.05) is 32.7 Å². The molecule has 1 aromatic carbocycles. The van der Waals surface area contributed by atoms with Gasteiger partial charge in [-0.15, -0.1) is 0 Å². The number of amides is 1. The third kappa shape index (κ3) is 6.01. The Kier molecular flexibility index (Phi) is 8.16. The molecule has 2 N–H and O–H groups in total. The Morgan fingerprint density at radius 3 is 2.69 bits per heavy atom. The van der Waals surface area contributed by atoms with Crippen LogP contribution >= 0.6 is 12.2 Å². The molecule has 8 heteroatoms. The fourth-order valence-corrected chi connectivity index (χ4v) is 3.28. The maximum absolute atomic E-state index is 12.8. The maximum atomic E-state index is 12.8. The molecule has 0 aromatic heterocycles. The molecule has 0 saturated heterocycles. The fraction of sp³-hybridized carbons (Fsp3) is 0.476. The third-order valence-corrected chi connectivity index (χ3v) is 4.98. The highest BCUT2D eigenvalue weighted by Gasteiger charge is 2.33. The smallest absolute Gasteiger partial charge is 0.338 e. The molecule has 1 aliphatic heterocycles. The van der Waals surface area contributed by atoms with Gasteiger partial charge in [-0.05, 0) is 42.8 Å². The summed E-state index contributed by atoms with van der Waals surface area (Å²) in [4.78, 5) is 26.7. The van der Waals surface area contributed by atoms with Gasteiger partial charge in [0.05, 0.1) is 18.2 Å². The molecule has 0 aliphatic carbocycles. The van der Waals surface area contributed by atoms with Crippen molar-refractivity contribution < 1.29 is 19.1 Å². The van der Waals surface area contributed by atoms with Crippen LogP contribution in [0.3, 0.4) is 0 Å². The Bertz CT molecular complexity index is 807. The number of anilines is 1. The van der Waals surface area contributed by atoms with E-state index in [1.165, 1.54) is 0 Å². The molecule has 0 fully saturated rings. The molecule has 29 heavy (non-hydrogen) atoms. The van der Waals surface area contributed by atoms with E-state index in [0.717, 1.165) is 11.3 Å². The molecular formula is C21H29N3O4S. The zero-order valence-corrected chi connectivity index (χ0v) is 18.4. The van der Waals surface area contributed by atoms with Crippen LogP contribution in [0.5, 0.6) is 0 Å². The van der Waals surface area contributed by atoms with Gasteiger partial charge < -0.3 is 25.0 Å². The third-order valence-electron chi connectivity index (χ3n) is 4.59. The lowest BCUT2D eigenvalue weighted by Crippen LogP contribution is -2.46. The number of esters is 1. The molecule has 1 aromatic rings. The SMILES string of the molecule is COCCOC(=O)C1=C(C)N(C)C(=S)N[C@@H]1c1cccc(NC(=O)CC(C)C)c1. The van der Waals surface area contributed by atoms with Gasteiger partial charge in [-0.1, -0.05) is 26.0 Å². The molecular weight excluding hydrogens is 390 g/mol. The Balaban J connectivity index is 2.32. The first-order valence-electron chi connectivity index (χ1n) is 9.55. The van der Waals surface area contributed by atoms with E-state index in [4.69, 9.17) is 21.7 Å². The summed E-state index contributed by atoms with van der Waals surface area (Å²) in [6, 6.07) is 6.92. The number of allylic oxidation sites excluding steroid dienone is 1. The first kappa shape index (κ1) is 22.8. The van der Waals surface area contributed by atoms with Gasteiger partial charge in [-0.25, -0.2) is 4.79 Å². The van der Waals surface area contributed by atoms with Crippen molar-refractivity contribution in [1.29, 1.82) is 0 Å². The molecule has 0 saturated carbocycles. The molecule has 2 rings (SSSR count). The summed E-state index contributed by atoms with van der Waals surface area (Å²) in [6.45, 7) is 6.31. The Labute approximate surface area is 177 Å². The van der Waals surface area contributed by atoms with E-state index in [0.29, 0.717) is 29.4 Å². The molecule has 7 nitrogen and oxygen atoms in total. The van der Waals surface area contributed by atoms with Crippen molar-refractivity contribution in [2.45, 2.75) is 33.2 Å². The second kappa shape index (κ2) is 10.4. The molecule has 1 aliphatic rings. The van der Waals surface area contributed by atoms with E-state index in [2.05, 4.69) is 10.6 Å². The van der Waals surface area contributed by atoms with Crippen LogP contribution in [0.15, 0.2) is 35.5 Å². The summed E-state index contributed by atoms with van der Waals surface area (Å²) >= 11 is 5.42. The van der Waals surface area contributed by atoms with E-state index in [1.54, 1.807) is 19.1 Å². The number of nitrogens with zero attached hydrogens (tertiary/aromatic N) is 1. The van der Waals surface area contributed by atoms with Gasteiger partial charge in [-0.2, -0.15) is 0 Å². The number of carbonyl (C=O) groups excluding carboxylic acids is 2. The predicted molar refractivity (Wildman–Crippen MR) is 116 cm³/mol. The summed E-state index contributed by atoms with van der Waals surface area (Å²) in [5.41, 5.74) is 2.67. The largest absolute Gasteiger partial charge is 0.460 e. The number of methoxy groups -OCH3 is 1. The second-order valence-corrected chi connectivity index (χ2v) is 7.73. The van der Waals surface area contributed by atoms with Gasteiger partial charge in [0, 0.05) is 32.0 Å². The van der Waals surface area contributed by atoms with E-state index in [1.807, 2.05) is 45.0 Å². The van der Waals surface area contributed by atoms with Crippen LogP contribution < -0.4 is 10.6 Å². The predicted octanol–water partition coefficient (Wildman–Crippen LogP) is 3.00. The quantitative estimate of drug-likeness (QED) is 0.381. The average molecular weight is 420 g/mol. The van der Waals surface area contributed by atoms with Gasteiger partial charge in [-0.3, -0.25) is 4.79 Å². The minimum atomic E-state index is -0.476. The Morgan fingerprint density at radius 2 is 2.03 bits per heavy atom. The molecule has 1 heterocycles. The Morgan fingerprint density at radius 1 is 1.31 bits per heavy atom. The number of benzene rings is 1. The van der Waals surface area contributed by atoms with Crippen LogP contribution in [0, 0.1) is 5.92 Å². The van der Waals surface area contributed by atoms with Gasteiger partial charge >= 0.3 is 5.97 Å². The summed E-state index contributed by atoms with van der Waals surface area (Å²) in [5.74, 6) is -0.208. The second-order valence-electron chi connectivity index (χ2n) is 7.34. The number of ether oxygens (including phenoxy) is 2. The van der Waals surface area contributed by atoms with Gasteiger partial charge in [0.1, 0.15) is 6.61 Å². The summed E-state index contributed by atoms with van der Waals surface area (Å²) in [5, 5.41) is 6.62. The highest BCUT2D eigenvalue weighted by Crippen LogP contribution is 2.32. The summed E-state index contributed by atoms with van der Waals surface area (Å²) in [7, 11) is 3.35. The lowest BCUT2D eigenvalue weighted by atomic mass is 9.94. The number of carbonyl (C=O) groups is 2. The molecule has 0 unspecified atom stereocenters. The van der Waals surface area contributed by atoms with Crippen molar-refractivity contribution in [3.05, 3.63) is 41.1 Å². The van der Waals surface area contributed by atoms with E-state index in [9.17, 15) is 9.59 Å². The molecule has 158 valence electrons. The minimum Gasteiger partial charge on any atom is -0.460 e. The fourth-order valence-electron chi connectivity index (χ4n) is 3.02. The van der Waals surface area contributed by atoms with Crippen molar-refractivity contribution in [3.63, 3.8) is 0 Å². The van der Waals surface area contributed by atoms with Crippen molar-refractivity contribution in [3.8, 4) is 0 Å². The van der Waals surface area contributed by atoms with Crippen LogP contribution in [0.4, 0.5) is 5.69 Å². The first-order chi connectivity index (χ1) is 13.7. The number of hydrogen-bond donors (Lipinski definition) is 2. The lowest BCUT2D eigenvalue weighted by Gasteiger charge is -2.35. The lowest BCUT2D eigenvalue weighted by molar-refractivity contribution is -0.140. The van der Waals surface area contributed by atoms with Crippen LogP contribution in [-0.4, -0.2) is 49.3 Å². The van der Waals surface area contributed by atoms with E-state index in [-0.39, 0.29) is 18.4 Å². The minimum absolute atomic E-state index is 0.0464. The topological polar surface area (TPSA) is 79.9 Å². The monoisotopic (exact) mass is 419 g/mol. The number of nitrogens with one attached hydrogen (secondary N) is 2. The number of hydrogen-bond acceptors (Lipinski definition) is 5. The first-order valence-corrected chi connectivity index (χ1v) is 9.96. The van der Waals surface area contributed by atoms with Crippen molar-refractivity contribution >= 4 is 34.9 Å². The zero-order chi connectivity index (χ0) is 21.6. The average Bonchev–Trinajstić information content (AvgIpc) is 2.65. The van der Waals surface area contributed by atoms with Crippen molar-refractivity contribution in [2.24, 2.45) is 5.92 Å². The van der Waals surface area contributed by atoms with E-state index < -0.39 is 12.0 Å². The van der Waals surface area contributed by atoms with Crippen LogP contribution in [0.2, 0.25) is 0 Å². The summed E-state index contributed by atoms with van der Waals surface area (Å²) < 4.78 is 10.3. The van der Waals surface area contributed by atoms with Crippen LogP contribution in [0.25, 0.3) is 0 Å². The van der Waals surface area contributed by atoms with Crippen LogP contribution in [-0.2, 0) is 19.1 Å². The van der Waals surface area contributed by atoms with Gasteiger partial charge in [0.2, 0.25) is 5.91 Å². The standard InChI is InChI=1S/C21H29N3O4S/c1-13(2)11-17(25)22-16-8-6-7-15(12-16)19-18(20(26)28-10-9-27-5)14(3)24(4)21(29)23-19/h6-8,12-13,19H,9-11H2,1-5H3,(H,22,25)(H,23,29)/t19-/m1/s1. The molecule has 0 radical (unpaired) electrons. The highest BCUT2D eigenvalue weighted by atomic mass is 32.1. The van der Waals surface area contributed by atoms with Gasteiger partial charge in [0.15, 0.2) is 5.11 Å². The summed E-state index contributed by atoms with van der Waals surface area (Å²) in [6.07, 6.45) is 0.441. The number of thiocarbonyl (C=S) groups is 1. The Hall–Kier alpha value is -2.45. The number of rotatable bonds is 8.